The van der Waals surface area contributed by atoms with Crippen molar-refractivity contribution in [1.82, 2.24) is 4.98 Å². The van der Waals surface area contributed by atoms with Crippen molar-refractivity contribution in [3.05, 3.63) is 57.3 Å². The first-order valence-electron chi connectivity index (χ1n) is 5.49. The van der Waals surface area contributed by atoms with E-state index in [1.807, 2.05) is 0 Å². The first-order valence-corrected chi connectivity index (χ1v) is 7.07. The number of benzene rings is 1. The third kappa shape index (κ3) is 3.33. The number of nitrogens with two attached hydrogens (primary N) is 1. The van der Waals surface area contributed by atoms with Gasteiger partial charge in [-0.05, 0) is 40.2 Å². The lowest BCUT2D eigenvalue weighted by molar-refractivity contribution is 0.102. The molecule has 0 fully saturated rings. The Labute approximate surface area is 134 Å². The summed E-state index contributed by atoms with van der Waals surface area (Å²) in [5.74, 6) is -0.318. The lowest BCUT2D eigenvalue weighted by atomic mass is 10.2. The van der Waals surface area contributed by atoms with Crippen molar-refractivity contribution in [2.75, 3.05) is 5.32 Å². The normalized spacial score (nSPS) is 10.1. The number of carbonyl (C=O) groups excluding carboxylic acids is 1. The van der Waals surface area contributed by atoms with E-state index in [1.165, 1.54) is 12.4 Å². The minimum atomic E-state index is -0.318. The minimum absolute atomic E-state index is 0.292. The molecule has 0 radical (unpaired) electrons. The fourth-order valence-corrected chi connectivity index (χ4v) is 2.33. The summed E-state index contributed by atoms with van der Waals surface area (Å²) in [5, 5.41) is 3.04. The van der Waals surface area contributed by atoms with E-state index in [-0.39, 0.29) is 5.91 Å². The van der Waals surface area contributed by atoms with Gasteiger partial charge in [-0.25, -0.2) is 0 Å². The van der Waals surface area contributed by atoms with E-state index in [0.717, 1.165) is 0 Å². The maximum Gasteiger partial charge on any atom is 0.257 e. The van der Waals surface area contributed by atoms with Crippen molar-refractivity contribution in [1.29, 1.82) is 0 Å². The number of hydrogen-bond donors (Lipinski definition) is 2. The summed E-state index contributed by atoms with van der Waals surface area (Å²) in [6.07, 6.45) is 2.92. The molecule has 2 rings (SSSR count). The van der Waals surface area contributed by atoms with Crippen molar-refractivity contribution >= 4 is 56.3 Å². The molecule has 0 aliphatic rings. The van der Waals surface area contributed by atoms with Crippen LogP contribution in [-0.2, 0) is 0 Å². The van der Waals surface area contributed by atoms with Gasteiger partial charge in [0.25, 0.3) is 5.91 Å². The van der Waals surface area contributed by atoms with Gasteiger partial charge in [0.2, 0.25) is 0 Å². The van der Waals surface area contributed by atoms with Crippen LogP contribution in [-0.4, -0.2) is 15.9 Å². The van der Waals surface area contributed by atoms with Crippen molar-refractivity contribution in [3.63, 3.8) is 0 Å². The van der Waals surface area contributed by atoms with Crippen molar-refractivity contribution in [3.8, 4) is 0 Å². The SMILES string of the molecule is NC(=S)c1ccc(NC(=O)c2ccncc2Cl)c(Br)c1. The predicted octanol–water partition coefficient (Wildman–Crippen LogP) is 3.38. The topological polar surface area (TPSA) is 68.0 Å². The summed E-state index contributed by atoms with van der Waals surface area (Å²) in [4.78, 5) is 16.2. The van der Waals surface area contributed by atoms with Crippen LogP contribution < -0.4 is 11.1 Å². The number of anilines is 1. The Hall–Kier alpha value is -1.50. The van der Waals surface area contributed by atoms with Crippen LogP contribution in [0.1, 0.15) is 15.9 Å². The highest BCUT2D eigenvalue weighted by atomic mass is 79.9. The van der Waals surface area contributed by atoms with Gasteiger partial charge in [-0.15, -0.1) is 0 Å². The van der Waals surface area contributed by atoms with Crippen LogP contribution in [0.3, 0.4) is 0 Å². The second-order valence-corrected chi connectivity index (χ2v) is 5.57. The highest BCUT2D eigenvalue weighted by Crippen LogP contribution is 2.25. The van der Waals surface area contributed by atoms with Gasteiger partial charge in [-0.2, -0.15) is 0 Å². The molecule has 0 saturated heterocycles. The zero-order chi connectivity index (χ0) is 14.7. The number of nitrogens with one attached hydrogen (secondary N) is 1. The van der Waals surface area contributed by atoms with Crippen LogP contribution in [0.5, 0.6) is 0 Å². The van der Waals surface area contributed by atoms with Crippen LogP contribution in [0.25, 0.3) is 0 Å². The van der Waals surface area contributed by atoms with Crippen molar-refractivity contribution in [2.24, 2.45) is 5.73 Å². The Morgan fingerprint density at radius 3 is 2.75 bits per heavy atom. The van der Waals surface area contributed by atoms with Gasteiger partial charge in [0.05, 0.1) is 16.3 Å². The molecule has 7 heteroatoms. The summed E-state index contributed by atoms with van der Waals surface area (Å²) < 4.78 is 0.682. The lowest BCUT2D eigenvalue weighted by Crippen LogP contribution is -2.14. The molecule has 0 atom stereocenters. The first-order chi connectivity index (χ1) is 9.49. The van der Waals surface area contributed by atoms with Gasteiger partial charge in [-0.3, -0.25) is 9.78 Å². The molecule has 3 N–H and O–H groups in total. The number of amides is 1. The fourth-order valence-electron chi connectivity index (χ4n) is 1.52. The number of aromatic nitrogens is 1. The Morgan fingerprint density at radius 1 is 1.40 bits per heavy atom. The third-order valence-electron chi connectivity index (χ3n) is 2.52. The number of halogens is 2. The molecule has 2 aromatic rings. The number of carbonyl (C=O) groups is 1. The largest absolute Gasteiger partial charge is 0.389 e. The van der Waals surface area contributed by atoms with Gasteiger partial charge in [-0.1, -0.05) is 23.8 Å². The molecular weight excluding hydrogens is 362 g/mol. The van der Waals surface area contributed by atoms with Gasteiger partial charge in [0, 0.05) is 22.4 Å². The second-order valence-electron chi connectivity index (χ2n) is 3.87. The molecule has 1 aromatic carbocycles. The molecule has 0 spiro atoms. The van der Waals surface area contributed by atoms with E-state index in [0.29, 0.717) is 31.3 Å². The molecule has 1 heterocycles. The summed E-state index contributed by atoms with van der Waals surface area (Å²) in [6.45, 7) is 0. The monoisotopic (exact) mass is 369 g/mol. The Kier molecular flexibility index (Phi) is 4.69. The van der Waals surface area contributed by atoms with Crippen molar-refractivity contribution in [2.45, 2.75) is 0 Å². The first kappa shape index (κ1) is 14.9. The van der Waals surface area contributed by atoms with Crippen molar-refractivity contribution < 1.29 is 4.79 Å². The Bertz CT molecular complexity index is 693. The number of nitrogens with zero attached hydrogens (tertiary/aromatic N) is 1. The highest BCUT2D eigenvalue weighted by molar-refractivity contribution is 9.10. The van der Waals surface area contributed by atoms with E-state index >= 15 is 0 Å². The van der Waals surface area contributed by atoms with E-state index in [2.05, 4.69) is 26.2 Å². The molecule has 1 aromatic heterocycles. The predicted molar refractivity (Wildman–Crippen MR) is 87.2 cm³/mol. The molecule has 102 valence electrons. The summed E-state index contributed by atoms with van der Waals surface area (Å²) in [7, 11) is 0. The molecule has 0 aliphatic heterocycles. The van der Waals surface area contributed by atoms with Crippen LogP contribution in [0.15, 0.2) is 41.1 Å². The van der Waals surface area contributed by atoms with E-state index in [1.54, 1.807) is 24.3 Å². The minimum Gasteiger partial charge on any atom is -0.389 e. The van der Waals surface area contributed by atoms with E-state index in [9.17, 15) is 4.79 Å². The molecule has 4 nitrogen and oxygen atoms in total. The van der Waals surface area contributed by atoms with Gasteiger partial charge in [0.15, 0.2) is 0 Å². The van der Waals surface area contributed by atoms with Gasteiger partial charge >= 0.3 is 0 Å². The molecule has 0 unspecified atom stereocenters. The highest BCUT2D eigenvalue weighted by Gasteiger charge is 2.12. The number of pyridine rings is 1. The number of hydrogen-bond acceptors (Lipinski definition) is 3. The van der Waals surface area contributed by atoms with Crippen LogP contribution in [0, 0.1) is 0 Å². The maximum atomic E-state index is 12.1. The average Bonchev–Trinajstić information content (AvgIpc) is 2.41. The third-order valence-corrected chi connectivity index (χ3v) is 3.71. The number of thiocarbonyl (C=S) groups is 1. The summed E-state index contributed by atoms with van der Waals surface area (Å²) in [5.41, 5.74) is 7.21. The quantitative estimate of drug-likeness (QED) is 0.813. The average molecular weight is 371 g/mol. The zero-order valence-corrected chi connectivity index (χ0v) is 13.2. The van der Waals surface area contributed by atoms with E-state index < -0.39 is 0 Å². The van der Waals surface area contributed by atoms with Crippen LogP contribution in [0.2, 0.25) is 5.02 Å². The fraction of sp³-hybridized carbons (Fsp3) is 0. The summed E-state index contributed by atoms with van der Waals surface area (Å²) in [6, 6.07) is 6.74. The maximum absolute atomic E-state index is 12.1. The Balaban J connectivity index is 2.25. The van der Waals surface area contributed by atoms with Crippen LogP contribution in [0.4, 0.5) is 5.69 Å². The molecule has 0 aliphatic carbocycles. The lowest BCUT2D eigenvalue weighted by Gasteiger charge is -2.09. The standard InChI is InChI=1S/C13H9BrClN3OS/c14-9-5-7(12(16)20)1-2-11(9)18-13(19)8-3-4-17-6-10(8)15/h1-6H,(H2,16,20)(H,18,19). The van der Waals surface area contributed by atoms with Crippen LogP contribution >= 0.6 is 39.7 Å². The van der Waals surface area contributed by atoms with Gasteiger partial charge < -0.3 is 11.1 Å². The summed E-state index contributed by atoms with van der Waals surface area (Å²) >= 11 is 14.2. The molecule has 0 bridgehead atoms. The molecule has 0 saturated carbocycles. The molecular formula is C13H9BrClN3OS. The van der Waals surface area contributed by atoms with E-state index in [4.69, 9.17) is 29.6 Å². The molecule has 1 amide bonds. The number of rotatable bonds is 3. The second kappa shape index (κ2) is 6.30. The van der Waals surface area contributed by atoms with Gasteiger partial charge in [0.1, 0.15) is 4.99 Å². The molecule has 20 heavy (non-hydrogen) atoms. The Morgan fingerprint density at radius 2 is 2.15 bits per heavy atom. The zero-order valence-electron chi connectivity index (χ0n) is 10.1. The smallest absolute Gasteiger partial charge is 0.257 e.